The Morgan fingerprint density at radius 2 is 1.92 bits per heavy atom. The van der Waals surface area contributed by atoms with Crippen LogP contribution in [0.1, 0.15) is 27.7 Å². The van der Waals surface area contributed by atoms with E-state index in [4.69, 9.17) is 4.74 Å². The smallest absolute Gasteiger partial charge is 0.311 e. The molecule has 3 nitrogen and oxygen atoms in total. The summed E-state index contributed by atoms with van der Waals surface area (Å²) in [6.07, 6.45) is -0.635. The van der Waals surface area contributed by atoms with Crippen LogP contribution >= 0.6 is 0 Å². The third kappa shape index (κ3) is 3.22. The molecule has 0 fully saturated rings. The molecule has 0 aromatic carbocycles. The molecule has 72 valence electrons. The number of hydrogen-bond acceptors (Lipinski definition) is 3. The Labute approximate surface area is 73.7 Å². The molecule has 0 aliphatic rings. The molecule has 0 spiro atoms. The van der Waals surface area contributed by atoms with Gasteiger partial charge in [-0.15, -0.1) is 0 Å². The third-order valence-corrected chi connectivity index (χ3v) is 1.80. The van der Waals surface area contributed by atoms with E-state index in [-0.39, 0.29) is 11.9 Å². The van der Waals surface area contributed by atoms with Crippen LogP contribution in [0, 0.1) is 11.8 Å². The molecule has 1 N–H and O–H groups in total. The Balaban J connectivity index is 4.20. The van der Waals surface area contributed by atoms with Crippen molar-refractivity contribution >= 4 is 5.97 Å². The number of carbonyl (C=O) groups excluding carboxylic acids is 1. The summed E-state index contributed by atoms with van der Waals surface area (Å²) in [6.45, 7) is 7.54. The lowest BCUT2D eigenvalue weighted by Crippen LogP contribution is -2.32. The largest absolute Gasteiger partial charge is 0.466 e. The summed E-state index contributed by atoms with van der Waals surface area (Å²) in [4.78, 5) is 11.2. The van der Waals surface area contributed by atoms with Crippen molar-refractivity contribution in [2.24, 2.45) is 11.8 Å². The van der Waals surface area contributed by atoms with E-state index in [1.165, 1.54) is 0 Å². The van der Waals surface area contributed by atoms with Crippen LogP contribution in [-0.4, -0.2) is 23.8 Å². The van der Waals surface area contributed by atoms with Gasteiger partial charge in [-0.1, -0.05) is 13.8 Å². The monoisotopic (exact) mass is 174 g/mol. The first-order valence-electron chi connectivity index (χ1n) is 4.35. The minimum Gasteiger partial charge on any atom is -0.466 e. The van der Waals surface area contributed by atoms with Crippen molar-refractivity contribution in [2.75, 3.05) is 6.61 Å². The van der Waals surface area contributed by atoms with Crippen molar-refractivity contribution in [3.63, 3.8) is 0 Å². The second kappa shape index (κ2) is 5.14. The number of ether oxygens (including phenoxy) is 1. The summed E-state index contributed by atoms with van der Waals surface area (Å²) < 4.78 is 4.83. The predicted molar refractivity (Wildman–Crippen MR) is 46.6 cm³/mol. The SMILES string of the molecule is CCOC(=O)C(C(C)C)C(C)O. The molecular weight excluding hydrogens is 156 g/mol. The van der Waals surface area contributed by atoms with Gasteiger partial charge in [-0.2, -0.15) is 0 Å². The Kier molecular flexibility index (Phi) is 4.90. The average molecular weight is 174 g/mol. The molecule has 2 unspecified atom stereocenters. The molecule has 2 atom stereocenters. The Hall–Kier alpha value is -0.570. The van der Waals surface area contributed by atoms with Crippen LogP contribution in [0.5, 0.6) is 0 Å². The molecule has 0 heterocycles. The predicted octanol–water partition coefficient (Wildman–Crippen LogP) is 1.20. The first-order chi connectivity index (χ1) is 5.50. The first-order valence-corrected chi connectivity index (χ1v) is 4.35. The van der Waals surface area contributed by atoms with Gasteiger partial charge in [0.25, 0.3) is 0 Å². The molecule has 0 saturated carbocycles. The highest BCUT2D eigenvalue weighted by atomic mass is 16.5. The number of hydrogen-bond donors (Lipinski definition) is 1. The number of aliphatic hydroxyl groups is 1. The highest BCUT2D eigenvalue weighted by Gasteiger charge is 2.27. The van der Waals surface area contributed by atoms with Gasteiger partial charge in [0.2, 0.25) is 0 Å². The van der Waals surface area contributed by atoms with E-state index in [1.54, 1.807) is 13.8 Å². The summed E-state index contributed by atoms with van der Waals surface area (Å²) in [5, 5.41) is 9.28. The highest BCUT2D eigenvalue weighted by molar-refractivity contribution is 5.73. The molecular formula is C9H18O3. The van der Waals surface area contributed by atoms with Crippen LogP contribution in [0.15, 0.2) is 0 Å². The Morgan fingerprint density at radius 1 is 1.42 bits per heavy atom. The minimum atomic E-state index is -0.635. The zero-order chi connectivity index (χ0) is 9.72. The van der Waals surface area contributed by atoms with Crippen molar-refractivity contribution in [3.05, 3.63) is 0 Å². The normalized spacial score (nSPS) is 15.8. The van der Waals surface area contributed by atoms with E-state index < -0.39 is 12.0 Å². The van der Waals surface area contributed by atoms with E-state index in [9.17, 15) is 9.90 Å². The Bertz CT molecular complexity index is 133. The number of rotatable bonds is 4. The van der Waals surface area contributed by atoms with Gasteiger partial charge in [0.15, 0.2) is 0 Å². The number of carbonyl (C=O) groups is 1. The van der Waals surface area contributed by atoms with E-state index in [0.717, 1.165) is 0 Å². The molecule has 12 heavy (non-hydrogen) atoms. The standard InChI is InChI=1S/C9H18O3/c1-5-12-9(11)8(6(2)3)7(4)10/h6-8,10H,5H2,1-4H3. The summed E-state index contributed by atoms with van der Waals surface area (Å²) in [7, 11) is 0. The molecule has 0 aromatic heterocycles. The summed E-state index contributed by atoms with van der Waals surface area (Å²) in [5.41, 5.74) is 0. The second-order valence-corrected chi connectivity index (χ2v) is 3.26. The van der Waals surface area contributed by atoms with Gasteiger partial charge in [0, 0.05) is 0 Å². The minimum absolute atomic E-state index is 0.115. The van der Waals surface area contributed by atoms with E-state index in [1.807, 2.05) is 13.8 Å². The van der Waals surface area contributed by atoms with Crippen LogP contribution in [0.3, 0.4) is 0 Å². The van der Waals surface area contributed by atoms with Crippen LogP contribution in [0.2, 0.25) is 0 Å². The highest BCUT2D eigenvalue weighted by Crippen LogP contribution is 2.16. The number of esters is 1. The molecule has 3 heteroatoms. The van der Waals surface area contributed by atoms with Crippen LogP contribution in [0.25, 0.3) is 0 Å². The zero-order valence-corrected chi connectivity index (χ0v) is 8.20. The second-order valence-electron chi connectivity index (χ2n) is 3.26. The van der Waals surface area contributed by atoms with Gasteiger partial charge in [-0.05, 0) is 19.8 Å². The summed E-state index contributed by atoms with van der Waals surface area (Å²) in [5.74, 6) is -0.587. The molecule has 0 saturated heterocycles. The average Bonchev–Trinajstić information content (AvgIpc) is 1.85. The van der Waals surface area contributed by atoms with Gasteiger partial charge < -0.3 is 9.84 Å². The van der Waals surface area contributed by atoms with Gasteiger partial charge in [-0.3, -0.25) is 4.79 Å². The summed E-state index contributed by atoms with van der Waals surface area (Å²) >= 11 is 0. The van der Waals surface area contributed by atoms with Crippen LogP contribution in [-0.2, 0) is 9.53 Å². The summed E-state index contributed by atoms with van der Waals surface area (Å²) in [6, 6.07) is 0. The molecule has 0 bridgehead atoms. The maximum atomic E-state index is 11.2. The maximum absolute atomic E-state index is 11.2. The van der Waals surface area contributed by atoms with Crippen molar-refractivity contribution < 1.29 is 14.6 Å². The first kappa shape index (κ1) is 11.4. The van der Waals surface area contributed by atoms with Crippen molar-refractivity contribution in [1.82, 2.24) is 0 Å². The van der Waals surface area contributed by atoms with Crippen LogP contribution < -0.4 is 0 Å². The Morgan fingerprint density at radius 3 is 2.17 bits per heavy atom. The van der Waals surface area contributed by atoms with Crippen LogP contribution in [0.4, 0.5) is 0 Å². The van der Waals surface area contributed by atoms with E-state index in [2.05, 4.69) is 0 Å². The van der Waals surface area contributed by atoms with Gasteiger partial charge in [-0.25, -0.2) is 0 Å². The lowest BCUT2D eigenvalue weighted by atomic mass is 9.91. The molecule has 0 radical (unpaired) electrons. The van der Waals surface area contributed by atoms with Gasteiger partial charge in [0.05, 0.1) is 18.6 Å². The zero-order valence-electron chi connectivity index (χ0n) is 8.20. The molecule has 0 amide bonds. The molecule has 0 aliphatic heterocycles. The maximum Gasteiger partial charge on any atom is 0.311 e. The van der Waals surface area contributed by atoms with E-state index >= 15 is 0 Å². The van der Waals surface area contributed by atoms with Crippen molar-refractivity contribution in [3.8, 4) is 0 Å². The lowest BCUT2D eigenvalue weighted by Gasteiger charge is -2.21. The van der Waals surface area contributed by atoms with Gasteiger partial charge in [0.1, 0.15) is 0 Å². The fourth-order valence-corrected chi connectivity index (χ4v) is 1.26. The van der Waals surface area contributed by atoms with E-state index in [0.29, 0.717) is 6.61 Å². The topological polar surface area (TPSA) is 46.5 Å². The fraction of sp³-hybridized carbons (Fsp3) is 0.889. The molecule has 0 aliphatic carbocycles. The molecule has 0 aromatic rings. The quantitative estimate of drug-likeness (QED) is 0.651. The van der Waals surface area contributed by atoms with Gasteiger partial charge >= 0.3 is 5.97 Å². The number of aliphatic hydroxyl groups excluding tert-OH is 1. The third-order valence-electron chi connectivity index (χ3n) is 1.80. The van der Waals surface area contributed by atoms with Crippen molar-refractivity contribution in [2.45, 2.75) is 33.8 Å². The fourth-order valence-electron chi connectivity index (χ4n) is 1.26. The molecule has 0 rings (SSSR count). The van der Waals surface area contributed by atoms with Crippen molar-refractivity contribution in [1.29, 1.82) is 0 Å². The lowest BCUT2D eigenvalue weighted by molar-refractivity contribution is -0.153.